The lowest BCUT2D eigenvalue weighted by molar-refractivity contribution is -0.671. The van der Waals surface area contributed by atoms with Crippen LogP contribution in [0.1, 0.15) is 25.7 Å². The Morgan fingerprint density at radius 1 is 1.32 bits per heavy atom. The van der Waals surface area contributed by atoms with Gasteiger partial charge in [-0.2, -0.15) is 0 Å². The van der Waals surface area contributed by atoms with Crippen LogP contribution in [0.5, 0.6) is 0 Å². The summed E-state index contributed by atoms with van der Waals surface area (Å²) in [5.41, 5.74) is 0. The van der Waals surface area contributed by atoms with Crippen LogP contribution in [-0.4, -0.2) is 23.1 Å². The monoisotopic (exact) mass is 263 g/mol. The van der Waals surface area contributed by atoms with Crippen molar-refractivity contribution in [3.63, 3.8) is 0 Å². The summed E-state index contributed by atoms with van der Waals surface area (Å²) in [6.45, 7) is 5.84. The van der Waals surface area contributed by atoms with Gasteiger partial charge in [-0.1, -0.05) is 13.0 Å². The Labute approximate surface area is 117 Å². The smallest absolute Gasteiger partial charge is 0.243 e. The minimum absolute atomic E-state index is 1.04. The molecule has 1 aromatic rings. The van der Waals surface area contributed by atoms with E-state index in [-0.39, 0.29) is 0 Å². The van der Waals surface area contributed by atoms with Gasteiger partial charge in [0.2, 0.25) is 6.33 Å². The first-order valence-corrected chi connectivity index (χ1v) is 6.98. The molecule has 1 aromatic heterocycles. The highest BCUT2D eigenvalue weighted by atomic mass is 15.1. The lowest BCUT2D eigenvalue weighted by Gasteiger charge is -2.06. The summed E-state index contributed by atoms with van der Waals surface area (Å²) in [4.78, 5) is 1.92. The fourth-order valence-corrected chi connectivity index (χ4v) is 1.82. The van der Waals surface area contributed by atoms with E-state index in [0.29, 0.717) is 0 Å². The predicted molar refractivity (Wildman–Crippen MR) is 79.2 cm³/mol. The van der Waals surface area contributed by atoms with Crippen LogP contribution in [0.2, 0.25) is 0 Å². The van der Waals surface area contributed by atoms with E-state index in [1.807, 2.05) is 24.3 Å². The molecule has 4 heteroatoms. The molecule has 4 nitrogen and oxygen atoms in total. The zero-order chi connectivity index (χ0) is 13.9. The van der Waals surface area contributed by atoms with Crippen molar-refractivity contribution in [1.29, 1.82) is 0 Å². The molecule has 0 radical (unpaired) electrons. The number of nitrogens with one attached hydrogen (secondary N) is 1. The molecular weight excluding hydrogens is 236 g/mol. The number of hydrogen-bond donors (Lipinski definition) is 1. The molecule has 0 spiro atoms. The lowest BCUT2D eigenvalue weighted by Crippen LogP contribution is -2.23. The molecule has 0 amide bonds. The minimum Gasteiger partial charge on any atom is -0.390 e. The van der Waals surface area contributed by atoms with Gasteiger partial charge >= 0.3 is 0 Å². The summed E-state index contributed by atoms with van der Waals surface area (Å²) in [7, 11) is 4.02. The molecule has 0 aromatic carbocycles. The summed E-state index contributed by atoms with van der Waals surface area (Å²) in [5.74, 6) is 0. The predicted octanol–water partition coefficient (Wildman–Crippen LogP) is 2.01. The molecule has 1 heterocycles. The maximum absolute atomic E-state index is 3.68. The Kier molecular flexibility index (Phi) is 7.47. The number of aromatic nitrogens is 2. The van der Waals surface area contributed by atoms with Gasteiger partial charge in [-0.3, -0.25) is 0 Å². The first-order valence-electron chi connectivity index (χ1n) is 6.98. The van der Waals surface area contributed by atoms with Gasteiger partial charge < -0.3 is 10.2 Å². The highest BCUT2D eigenvalue weighted by molar-refractivity contribution is 4.83. The maximum Gasteiger partial charge on any atom is 0.243 e. The second-order valence-electron chi connectivity index (χ2n) is 4.85. The number of nitrogens with zero attached hydrogens (tertiary/aromatic N) is 3. The molecule has 106 valence electrons. The Bertz CT molecular complexity index is 381. The molecule has 0 aliphatic heterocycles. The summed E-state index contributed by atoms with van der Waals surface area (Å²) < 4.78 is 4.32. The van der Waals surface area contributed by atoms with Gasteiger partial charge in [-0.05, 0) is 25.5 Å². The van der Waals surface area contributed by atoms with Crippen LogP contribution in [-0.2, 0) is 13.6 Å². The van der Waals surface area contributed by atoms with Crippen molar-refractivity contribution in [3.05, 3.63) is 43.9 Å². The molecule has 0 aliphatic carbocycles. The van der Waals surface area contributed by atoms with Gasteiger partial charge in [-0.25, -0.2) is 9.13 Å². The highest BCUT2D eigenvalue weighted by Crippen LogP contribution is 2.01. The first-order chi connectivity index (χ1) is 9.22. The van der Waals surface area contributed by atoms with Crippen molar-refractivity contribution in [2.24, 2.45) is 7.05 Å². The first kappa shape index (κ1) is 15.3. The van der Waals surface area contributed by atoms with Crippen molar-refractivity contribution >= 4 is 0 Å². The molecule has 0 atom stereocenters. The van der Waals surface area contributed by atoms with Crippen LogP contribution >= 0.6 is 0 Å². The van der Waals surface area contributed by atoms with Crippen molar-refractivity contribution < 1.29 is 4.57 Å². The van der Waals surface area contributed by atoms with E-state index in [1.54, 1.807) is 6.20 Å². The molecule has 0 bridgehead atoms. The second-order valence-corrected chi connectivity index (χ2v) is 4.85. The van der Waals surface area contributed by atoms with Crippen molar-refractivity contribution in [2.45, 2.75) is 32.2 Å². The summed E-state index contributed by atoms with van der Waals surface area (Å²) >= 11 is 0. The standard InChI is InChI=1S/C15H27N4/c1-4-17(2)12-10-16-9-7-5-6-8-11-19-14-13-18(3)15-19/h4,10,12-16H,1,5-9,11H2,2-3H3/q+1/b12-10-. The van der Waals surface area contributed by atoms with E-state index in [1.165, 1.54) is 25.7 Å². The molecule has 19 heavy (non-hydrogen) atoms. The van der Waals surface area contributed by atoms with Gasteiger partial charge in [-0.15, -0.1) is 0 Å². The average Bonchev–Trinajstić information content (AvgIpc) is 2.82. The molecule has 1 N–H and O–H groups in total. The van der Waals surface area contributed by atoms with E-state index >= 15 is 0 Å². The Morgan fingerprint density at radius 2 is 2.11 bits per heavy atom. The van der Waals surface area contributed by atoms with Crippen LogP contribution in [0.3, 0.4) is 0 Å². The topological polar surface area (TPSA) is 24.1 Å². The highest BCUT2D eigenvalue weighted by Gasteiger charge is 1.98. The average molecular weight is 263 g/mol. The van der Waals surface area contributed by atoms with E-state index in [9.17, 15) is 0 Å². The van der Waals surface area contributed by atoms with Crippen LogP contribution in [0.4, 0.5) is 0 Å². The van der Waals surface area contributed by atoms with Crippen LogP contribution < -0.4 is 9.88 Å². The fourth-order valence-electron chi connectivity index (χ4n) is 1.82. The van der Waals surface area contributed by atoms with Gasteiger partial charge in [0, 0.05) is 26.0 Å². The van der Waals surface area contributed by atoms with E-state index in [4.69, 9.17) is 0 Å². The van der Waals surface area contributed by atoms with E-state index in [2.05, 4.69) is 46.8 Å². The fraction of sp³-hybridized carbons (Fsp3) is 0.533. The number of aryl methyl sites for hydroxylation is 2. The third kappa shape index (κ3) is 7.34. The van der Waals surface area contributed by atoms with Crippen LogP contribution in [0.25, 0.3) is 0 Å². The molecule has 0 aliphatic rings. The number of rotatable bonds is 10. The summed E-state index contributed by atoms with van der Waals surface area (Å²) in [6, 6.07) is 0. The normalized spacial score (nSPS) is 10.8. The second kappa shape index (κ2) is 9.25. The van der Waals surface area contributed by atoms with Gasteiger partial charge in [0.25, 0.3) is 0 Å². The largest absolute Gasteiger partial charge is 0.390 e. The molecule has 0 saturated carbocycles. The van der Waals surface area contributed by atoms with Gasteiger partial charge in [0.15, 0.2) is 0 Å². The van der Waals surface area contributed by atoms with E-state index in [0.717, 1.165) is 13.1 Å². The summed E-state index contributed by atoms with van der Waals surface area (Å²) in [5, 5.41) is 3.28. The zero-order valence-corrected chi connectivity index (χ0v) is 12.3. The van der Waals surface area contributed by atoms with Gasteiger partial charge in [0.1, 0.15) is 12.4 Å². The maximum atomic E-state index is 3.68. The summed E-state index contributed by atoms with van der Waals surface area (Å²) in [6.07, 6.45) is 17.1. The quantitative estimate of drug-likeness (QED) is 0.516. The number of imidazole rings is 1. The molecular formula is C15H27N4+. The van der Waals surface area contributed by atoms with Crippen LogP contribution in [0, 0.1) is 0 Å². The van der Waals surface area contributed by atoms with Crippen LogP contribution in [0.15, 0.2) is 43.9 Å². The zero-order valence-electron chi connectivity index (χ0n) is 12.3. The van der Waals surface area contributed by atoms with Crippen molar-refractivity contribution in [1.82, 2.24) is 14.8 Å². The minimum atomic E-state index is 1.04. The Hall–Kier alpha value is -1.71. The Balaban J connectivity index is 1.91. The third-order valence-corrected chi connectivity index (χ3v) is 3.03. The van der Waals surface area contributed by atoms with Crippen molar-refractivity contribution in [2.75, 3.05) is 13.6 Å². The molecule has 1 rings (SSSR count). The molecule has 0 saturated heterocycles. The SMILES string of the molecule is C=CN(C)/C=C\NCCCCCCn1cc[n+](C)c1. The van der Waals surface area contributed by atoms with Gasteiger partial charge in [0.05, 0.1) is 13.6 Å². The van der Waals surface area contributed by atoms with E-state index < -0.39 is 0 Å². The van der Waals surface area contributed by atoms with Crippen molar-refractivity contribution in [3.8, 4) is 0 Å². The lowest BCUT2D eigenvalue weighted by atomic mass is 10.2. The molecule has 0 fully saturated rings. The number of hydrogen-bond acceptors (Lipinski definition) is 2. The molecule has 0 unspecified atom stereocenters. The number of unbranched alkanes of at least 4 members (excludes halogenated alkanes) is 3. The Morgan fingerprint density at radius 3 is 2.79 bits per heavy atom. The third-order valence-electron chi connectivity index (χ3n) is 3.03.